The van der Waals surface area contributed by atoms with Crippen LogP contribution in [0.2, 0.25) is 0 Å². The van der Waals surface area contributed by atoms with Gasteiger partial charge in [-0.25, -0.2) is 0 Å². The molecule has 1 aromatic rings. The van der Waals surface area contributed by atoms with Crippen molar-refractivity contribution in [1.29, 1.82) is 0 Å². The van der Waals surface area contributed by atoms with Crippen LogP contribution in [-0.4, -0.2) is 31.0 Å². The van der Waals surface area contributed by atoms with Crippen molar-refractivity contribution in [2.75, 3.05) is 13.7 Å². The molecule has 4 unspecified atom stereocenters. The number of nitrogens with two attached hydrogens (primary N) is 1. The van der Waals surface area contributed by atoms with Gasteiger partial charge in [0.25, 0.3) is 0 Å². The first-order valence-corrected chi connectivity index (χ1v) is 7.62. The van der Waals surface area contributed by atoms with E-state index in [2.05, 4.69) is 12.1 Å². The zero-order valence-corrected chi connectivity index (χ0v) is 12.2. The molecular formula is C17H21NO3. The number of allylic oxidation sites excluding steroid dienone is 1. The van der Waals surface area contributed by atoms with E-state index < -0.39 is 0 Å². The van der Waals surface area contributed by atoms with Crippen LogP contribution in [0.5, 0.6) is 11.5 Å². The summed E-state index contributed by atoms with van der Waals surface area (Å²) < 4.78 is 11.4. The summed E-state index contributed by atoms with van der Waals surface area (Å²) >= 11 is 0. The van der Waals surface area contributed by atoms with Crippen LogP contribution in [0, 0.1) is 5.92 Å². The lowest BCUT2D eigenvalue weighted by molar-refractivity contribution is 0.0934. The van der Waals surface area contributed by atoms with E-state index in [1.54, 1.807) is 7.11 Å². The van der Waals surface area contributed by atoms with Crippen molar-refractivity contribution >= 4 is 0 Å². The van der Waals surface area contributed by atoms with Crippen molar-refractivity contribution < 1.29 is 14.6 Å². The molecular weight excluding hydrogens is 266 g/mol. The van der Waals surface area contributed by atoms with Gasteiger partial charge in [0.1, 0.15) is 0 Å². The third kappa shape index (κ3) is 1.69. The zero-order chi connectivity index (χ0) is 14.6. The molecule has 0 radical (unpaired) electrons. The van der Waals surface area contributed by atoms with Crippen molar-refractivity contribution in [1.82, 2.24) is 0 Å². The van der Waals surface area contributed by atoms with Crippen LogP contribution in [0.3, 0.4) is 0 Å². The molecule has 1 heterocycles. The first-order valence-electron chi connectivity index (χ1n) is 7.62. The lowest BCUT2D eigenvalue weighted by Gasteiger charge is -2.51. The number of benzene rings is 1. The van der Waals surface area contributed by atoms with E-state index in [1.807, 2.05) is 12.1 Å². The highest BCUT2D eigenvalue weighted by Crippen LogP contribution is 2.56. The van der Waals surface area contributed by atoms with E-state index >= 15 is 0 Å². The Balaban J connectivity index is 1.99. The number of hydrogen-bond acceptors (Lipinski definition) is 4. The summed E-state index contributed by atoms with van der Waals surface area (Å²) in [5, 5.41) is 10.0. The SMILES string of the molecule is COc1ccc2c3c1OCCC31C=CC(O)CC1C(N)C2. The fourth-order valence-electron chi connectivity index (χ4n) is 4.48. The van der Waals surface area contributed by atoms with E-state index in [0.717, 1.165) is 30.8 Å². The maximum absolute atomic E-state index is 10.0. The highest BCUT2D eigenvalue weighted by Gasteiger charge is 2.51. The molecule has 0 saturated heterocycles. The molecule has 1 spiro atoms. The minimum absolute atomic E-state index is 0.0800. The predicted molar refractivity (Wildman–Crippen MR) is 79.7 cm³/mol. The van der Waals surface area contributed by atoms with Gasteiger partial charge in [0.2, 0.25) is 0 Å². The molecule has 21 heavy (non-hydrogen) atoms. The Morgan fingerprint density at radius 2 is 2.29 bits per heavy atom. The van der Waals surface area contributed by atoms with E-state index in [0.29, 0.717) is 6.61 Å². The summed E-state index contributed by atoms with van der Waals surface area (Å²) in [5.41, 5.74) is 8.85. The number of aliphatic hydroxyl groups is 1. The second-order valence-electron chi connectivity index (χ2n) is 6.41. The predicted octanol–water partition coefficient (Wildman–Crippen LogP) is 1.54. The largest absolute Gasteiger partial charge is 0.493 e. The van der Waals surface area contributed by atoms with Gasteiger partial charge in [-0.2, -0.15) is 0 Å². The summed E-state index contributed by atoms with van der Waals surface area (Å²) in [5.74, 6) is 1.93. The molecule has 4 rings (SSSR count). The van der Waals surface area contributed by atoms with Crippen molar-refractivity contribution in [2.45, 2.75) is 36.8 Å². The van der Waals surface area contributed by atoms with Crippen molar-refractivity contribution in [3.8, 4) is 11.5 Å². The molecule has 0 bridgehead atoms. The molecule has 0 aromatic heterocycles. The van der Waals surface area contributed by atoms with Gasteiger partial charge < -0.3 is 20.3 Å². The van der Waals surface area contributed by atoms with E-state index in [-0.39, 0.29) is 23.5 Å². The maximum Gasteiger partial charge on any atom is 0.165 e. The summed E-state index contributed by atoms with van der Waals surface area (Å²) in [7, 11) is 1.68. The van der Waals surface area contributed by atoms with Gasteiger partial charge in [0.15, 0.2) is 11.5 Å². The second kappa shape index (κ2) is 4.49. The quantitative estimate of drug-likeness (QED) is 0.769. The van der Waals surface area contributed by atoms with E-state index in [1.165, 1.54) is 11.1 Å². The minimum Gasteiger partial charge on any atom is -0.493 e. The van der Waals surface area contributed by atoms with E-state index in [4.69, 9.17) is 15.2 Å². The molecule has 0 saturated carbocycles. The number of rotatable bonds is 1. The van der Waals surface area contributed by atoms with Crippen LogP contribution in [0.15, 0.2) is 24.3 Å². The average molecular weight is 287 g/mol. The summed E-state index contributed by atoms with van der Waals surface area (Å²) in [6.07, 6.45) is 6.20. The molecule has 1 aromatic carbocycles. The fourth-order valence-corrected chi connectivity index (χ4v) is 4.48. The van der Waals surface area contributed by atoms with Crippen LogP contribution in [0.25, 0.3) is 0 Å². The number of methoxy groups -OCH3 is 1. The van der Waals surface area contributed by atoms with E-state index in [9.17, 15) is 5.11 Å². The molecule has 4 heteroatoms. The monoisotopic (exact) mass is 287 g/mol. The first-order chi connectivity index (χ1) is 10.2. The Labute approximate surface area is 124 Å². The Bertz CT molecular complexity index is 612. The zero-order valence-electron chi connectivity index (χ0n) is 12.2. The van der Waals surface area contributed by atoms with Crippen molar-refractivity contribution in [3.63, 3.8) is 0 Å². The Morgan fingerprint density at radius 1 is 1.43 bits per heavy atom. The van der Waals surface area contributed by atoms with Crippen LogP contribution in [0.1, 0.15) is 24.0 Å². The van der Waals surface area contributed by atoms with Crippen LogP contribution >= 0.6 is 0 Å². The molecule has 4 nitrogen and oxygen atoms in total. The molecule has 0 fully saturated rings. The van der Waals surface area contributed by atoms with Crippen molar-refractivity contribution in [3.05, 3.63) is 35.4 Å². The Hall–Kier alpha value is -1.52. The van der Waals surface area contributed by atoms with Gasteiger partial charge >= 0.3 is 0 Å². The molecule has 4 atom stereocenters. The lowest BCUT2D eigenvalue weighted by atomic mass is 9.56. The number of ether oxygens (including phenoxy) is 2. The van der Waals surface area contributed by atoms with Crippen LogP contribution in [0.4, 0.5) is 0 Å². The third-order valence-corrected chi connectivity index (χ3v) is 5.40. The molecule has 1 aliphatic heterocycles. The van der Waals surface area contributed by atoms with Crippen molar-refractivity contribution in [2.24, 2.45) is 11.7 Å². The molecule has 0 amide bonds. The summed E-state index contributed by atoms with van der Waals surface area (Å²) in [6, 6.07) is 4.17. The maximum atomic E-state index is 10.0. The first kappa shape index (κ1) is 13.2. The topological polar surface area (TPSA) is 64.7 Å². The van der Waals surface area contributed by atoms with Gasteiger partial charge in [-0.15, -0.1) is 0 Å². The molecule has 2 aliphatic carbocycles. The summed E-state index contributed by atoms with van der Waals surface area (Å²) in [4.78, 5) is 0. The molecule has 112 valence electrons. The number of hydrogen-bond donors (Lipinski definition) is 2. The minimum atomic E-state index is -0.384. The van der Waals surface area contributed by atoms with Gasteiger partial charge in [-0.3, -0.25) is 0 Å². The lowest BCUT2D eigenvalue weighted by Crippen LogP contribution is -2.54. The van der Waals surface area contributed by atoms with Crippen LogP contribution < -0.4 is 15.2 Å². The Kier molecular flexibility index (Phi) is 2.81. The smallest absolute Gasteiger partial charge is 0.165 e. The Morgan fingerprint density at radius 3 is 3.10 bits per heavy atom. The van der Waals surface area contributed by atoms with Gasteiger partial charge in [-0.05, 0) is 36.8 Å². The molecule has 3 N–H and O–H groups in total. The normalized spacial score (nSPS) is 36.4. The summed E-state index contributed by atoms with van der Waals surface area (Å²) in [6.45, 7) is 0.663. The van der Waals surface area contributed by atoms with Gasteiger partial charge in [-0.1, -0.05) is 18.2 Å². The standard InChI is InChI=1S/C17H21NO3/c1-20-14-3-2-10-8-13(18)12-9-11(19)4-5-17(12)6-7-21-16(14)15(10)17/h2-5,11-13,19H,6-9,18H2,1H3. The fraction of sp³-hybridized carbons (Fsp3) is 0.529. The second-order valence-corrected chi connectivity index (χ2v) is 6.41. The van der Waals surface area contributed by atoms with Gasteiger partial charge in [0.05, 0.1) is 19.8 Å². The third-order valence-electron chi connectivity index (χ3n) is 5.40. The van der Waals surface area contributed by atoms with Crippen LogP contribution in [-0.2, 0) is 11.8 Å². The number of aliphatic hydroxyl groups excluding tert-OH is 1. The highest BCUT2D eigenvalue weighted by atomic mass is 16.5. The average Bonchev–Trinajstić information content (AvgIpc) is 2.49. The highest BCUT2D eigenvalue weighted by molar-refractivity contribution is 5.59. The molecule has 3 aliphatic rings. The van der Waals surface area contributed by atoms with Gasteiger partial charge in [0, 0.05) is 17.0 Å².